The molecular formula is C32H27N3O2S. The molecule has 1 aliphatic rings. The number of sulfonamides is 1. The van der Waals surface area contributed by atoms with Crippen molar-refractivity contribution in [2.24, 2.45) is 0 Å². The highest BCUT2D eigenvalue weighted by atomic mass is 32.2. The van der Waals surface area contributed by atoms with Gasteiger partial charge in [-0.2, -0.15) is 4.31 Å². The van der Waals surface area contributed by atoms with Gasteiger partial charge >= 0.3 is 0 Å². The van der Waals surface area contributed by atoms with Crippen LogP contribution in [-0.4, -0.2) is 35.8 Å². The van der Waals surface area contributed by atoms with E-state index in [1.54, 1.807) is 12.1 Å². The number of rotatable bonds is 5. The molecule has 1 aromatic heterocycles. The van der Waals surface area contributed by atoms with Crippen LogP contribution in [0.4, 0.5) is 0 Å². The van der Waals surface area contributed by atoms with Crippen LogP contribution in [0.1, 0.15) is 18.2 Å². The van der Waals surface area contributed by atoms with Crippen LogP contribution in [-0.2, 0) is 10.0 Å². The normalized spacial score (nSPS) is 14.4. The van der Waals surface area contributed by atoms with Crippen molar-refractivity contribution in [3.05, 3.63) is 120 Å². The van der Waals surface area contributed by atoms with Gasteiger partial charge in [-0.1, -0.05) is 96.1 Å². The first-order valence-electron chi connectivity index (χ1n) is 12.6. The third-order valence-corrected chi connectivity index (χ3v) is 8.87. The van der Waals surface area contributed by atoms with Gasteiger partial charge in [0.15, 0.2) is 5.82 Å². The number of hydrogen-bond acceptors (Lipinski definition) is 4. The molecule has 1 aliphatic heterocycles. The van der Waals surface area contributed by atoms with E-state index >= 15 is 0 Å². The average molecular weight is 518 g/mol. The molecule has 6 rings (SSSR count). The van der Waals surface area contributed by atoms with Gasteiger partial charge in [0.2, 0.25) is 10.0 Å². The van der Waals surface area contributed by atoms with Crippen LogP contribution in [0.25, 0.3) is 39.0 Å². The molecular weight excluding hydrogens is 490 g/mol. The first-order valence-corrected chi connectivity index (χ1v) is 14.0. The minimum atomic E-state index is -3.63. The van der Waals surface area contributed by atoms with Crippen LogP contribution < -0.4 is 0 Å². The molecule has 0 unspecified atom stereocenters. The summed E-state index contributed by atoms with van der Waals surface area (Å²) in [5.74, 6) is 0.624. The molecule has 0 saturated carbocycles. The van der Waals surface area contributed by atoms with Gasteiger partial charge in [-0.3, -0.25) is 0 Å². The molecule has 2 heterocycles. The molecule has 0 aliphatic carbocycles. The van der Waals surface area contributed by atoms with Crippen molar-refractivity contribution in [2.75, 3.05) is 13.1 Å². The maximum atomic E-state index is 13.4. The summed E-state index contributed by atoms with van der Waals surface area (Å²) in [6.45, 7) is 4.55. The molecule has 4 aromatic carbocycles. The van der Waals surface area contributed by atoms with Gasteiger partial charge in [0.05, 0.1) is 16.1 Å². The Balaban J connectivity index is 1.38. The Kier molecular flexibility index (Phi) is 6.14. The zero-order valence-corrected chi connectivity index (χ0v) is 22.1. The predicted molar refractivity (Wildman–Crippen MR) is 153 cm³/mol. The quantitative estimate of drug-likeness (QED) is 0.259. The fourth-order valence-electron chi connectivity index (χ4n) is 4.91. The van der Waals surface area contributed by atoms with E-state index in [0.717, 1.165) is 50.0 Å². The van der Waals surface area contributed by atoms with Crippen molar-refractivity contribution in [3.63, 3.8) is 0 Å². The third-order valence-electron chi connectivity index (χ3n) is 7.06. The molecule has 0 atom stereocenters. The minimum absolute atomic E-state index is 0.273. The maximum absolute atomic E-state index is 13.4. The fraction of sp³-hybridized carbons (Fsp3) is 0.125. The summed E-state index contributed by atoms with van der Waals surface area (Å²) in [6.07, 6.45) is 0. The molecule has 5 nitrogen and oxygen atoms in total. The third kappa shape index (κ3) is 4.42. The van der Waals surface area contributed by atoms with E-state index in [2.05, 4.69) is 24.3 Å². The minimum Gasteiger partial charge on any atom is -0.228 e. The lowest BCUT2D eigenvalue weighted by atomic mass is 10.0. The van der Waals surface area contributed by atoms with Gasteiger partial charge in [-0.15, -0.1) is 0 Å². The van der Waals surface area contributed by atoms with Gasteiger partial charge in [0.25, 0.3) is 0 Å². The number of fused-ring (bicyclic) bond motifs is 1. The Labute approximate surface area is 223 Å². The molecule has 0 bridgehead atoms. The van der Waals surface area contributed by atoms with Gasteiger partial charge in [-0.25, -0.2) is 18.4 Å². The zero-order chi connectivity index (χ0) is 26.3. The van der Waals surface area contributed by atoms with Gasteiger partial charge in [0, 0.05) is 24.0 Å². The van der Waals surface area contributed by atoms with Crippen molar-refractivity contribution >= 4 is 26.5 Å². The Hall–Kier alpha value is -4.13. The molecule has 0 saturated heterocycles. The number of hydrogen-bond donors (Lipinski definition) is 0. The molecule has 0 radical (unpaired) electrons. The number of aryl methyl sites for hydroxylation is 1. The fourth-order valence-corrected chi connectivity index (χ4v) is 6.35. The Morgan fingerprint density at radius 2 is 1.29 bits per heavy atom. The van der Waals surface area contributed by atoms with Crippen molar-refractivity contribution in [3.8, 4) is 22.5 Å². The highest BCUT2D eigenvalue weighted by molar-refractivity contribution is 7.89. The molecule has 5 aromatic rings. The molecule has 0 spiro atoms. The largest absolute Gasteiger partial charge is 0.243 e. The monoisotopic (exact) mass is 517 g/mol. The van der Waals surface area contributed by atoms with Crippen molar-refractivity contribution in [1.82, 2.24) is 14.3 Å². The lowest BCUT2D eigenvalue weighted by molar-refractivity contribution is 0.486. The Bertz CT molecular complexity index is 1780. The molecule has 6 heteroatoms. The van der Waals surface area contributed by atoms with Crippen LogP contribution >= 0.6 is 0 Å². The summed E-state index contributed by atoms with van der Waals surface area (Å²) in [6, 6.07) is 33.4. The summed E-state index contributed by atoms with van der Waals surface area (Å²) in [5.41, 5.74) is 7.77. The van der Waals surface area contributed by atoms with E-state index in [1.165, 1.54) is 4.31 Å². The van der Waals surface area contributed by atoms with Gasteiger partial charge in [0.1, 0.15) is 0 Å². The second-order valence-electron chi connectivity index (χ2n) is 9.70. The van der Waals surface area contributed by atoms with E-state index in [-0.39, 0.29) is 6.54 Å². The molecule has 0 fully saturated rings. The standard InChI is InChI=1S/C32H27N3O2S/c1-22-12-18-27(19-13-22)38(36,37)35-20-23(2)29(21-35)31-28-10-6-7-11-30(28)33-32(34-31)26-16-14-25(15-17-26)24-8-4-3-5-9-24/h3-19H,20-21H2,1-2H3. The SMILES string of the molecule is CC1=C(c2nc(-c3ccc(-c4ccccc4)cc3)nc3ccccc23)CN(S(=O)(=O)c2ccc(C)cc2)C1. The number of nitrogens with zero attached hydrogens (tertiary/aromatic N) is 3. The summed E-state index contributed by atoms with van der Waals surface area (Å²) < 4.78 is 28.4. The lowest BCUT2D eigenvalue weighted by Gasteiger charge is -2.17. The van der Waals surface area contributed by atoms with Crippen LogP contribution in [0.3, 0.4) is 0 Å². The maximum Gasteiger partial charge on any atom is 0.243 e. The number of aromatic nitrogens is 2. The molecule has 188 valence electrons. The smallest absolute Gasteiger partial charge is 0.228 e. The summed E-state index contributed by atoms with van der Waals surface area (Å²) >= 11 is 0. The van der Waals surface area contributed by atoms with E-state index < -0.39 is 10.0 Å². The Morgan fingerprint density at radius 3 is 2.03 bits per heavy atom. The molecule has 38 heavy (non-hydrogen) atoms. The van der Waals surface area contributed by atoms with Crippen molar-refractivity contribution in [1.29, 1.82) is 0 Å². The highest BCUT2D eigenvalue weighted by Crippen LogP contribution is 2.34. The predicted octanol–water partition coefficient (Wildman–Crippen LogP) is 6.75. The van der Waals surface area contributed by atoms with Gasteiger partial charge in [-0.05, 0) is 48.7 Å². The first kappa shape index (κ1) is 24.2. The van der Waals surface area contributed by atoms with Crippen molar-refractivity contribution < 1.29 is 8.42 Å². The van der Waals surface area contributed by atoms with E-state index in [1.807, 2.05) is 80.6 Å². The van der Waals surface area contributed by atoms with E-state index in [9.17, 15) is 8.42 Å². The summed E-state index contributed by atoms with van der Waals surface area (Å²) in [4.78, 5) is 10.2. The topological polar surface area (TPSA) is 63.2 Å². The van der Waals surface area contributed by atoms with E-state index in [4.69, 9.17) is 9.97 Å². The van der Waals surface area contributed by atoms with Crippen LogP contribution in [0.15, 0.2) is 114 Å². The van der Waals surface area contributed by atoms with Gasteiger partial charge < -0.3 is 0 Å². The summed E-state index contributed by atoms with van der Waals surface area (Å²) in [7, 11) is -3.63. The van der Waals surface area contributed by atoms with E-state index in [0.29, 0.717) is 17.3 Å². The highest BCUT2D eigenvalue weighted by Gasteiger charge is 2.32. The second-order valence-corrected chi connectivity index (χ2v) is 11.6. The molecule has 0 amide bonds. The number of para-hydroxylation sites is 1. The zero-order valence-electron chi connectivity index (χ0n) is 21.3. The first-order chi connectivity index (χ1) is 18.4. The second kappa shape index (κ2) is 9.63. The van der Waals surface area contributed by atoms with Crippen molar-refractivity contribution in [2.45, 2.75) is 18.7 Å². The van der Waals surface area contributed by atoms with Crippen LogP contribution in [0, 0.1) is 6.92 Å². The average Bonchev–Trinajstić information content (AvgIpc) is 3.35. The summed E-state index contributed by atoms with van der Waals surface area (Å²) in [5, 5.41) is 0.918. The Morgan fingerprint density at radius 1 is 0.658 bits per heavy atom. The lowest BCUT2D eigenvalue weighted by Crippen LogP contribution is -2.29. The van der Waals surface area contributed by atoms with Crippen LogP contribution in [0.2, 0.25) is 0 Å². The molecule has 0 N–H and O–H groups in total. The number of benzene rings is 4. The van der Waals surface area contributed by atoms with Crippen LogP contribution in [0.5, 0.6) is 0 Å².